The first-order chi connectivity index (χ1) is 7.33. The van der Waals surface area contributed by atoms with Crippen LogP contribution in [-0.2, 0) is 6.42 Å². The molecule has 0 unspecified atom stereocenters. The van der Waals surface area contributed by atoms with Crippen LogP contribution in [-0.4, -0.2) is 11.4 Å². The fraction of sp³-hybridized carbons (Fsp3) is 0.167. The highest BCUT2D eigenvalue weighted by molar-refractivity contribution is 5.74. The van der Waals surface area contributed by atoms with E-state index in [2.05, 4.69) is 12.1 Å². The molecule has 0 fully saturated rings. The normalized spacial score (nSPS) is 10.2. The Morgan fingerprint density at radius 2 is 2.07 bits per heavy atom. The van der Waals surface area contributed by atoms with E-state index in [9.17, 15) is 4.79 Å². The number of nitrogens with zero attached hydrogens (tertiary/aromatic N) is 1. The van der Waals surface area contributed by atoms with Crippen molar-refractivity contribution in [3.63, 3.8) is 0 Å². The summed E-state index contributed by atoms with van der Waals surface area (Å²) in [5.41, 5.74) is 2.53. The lowest BCUT2D eigenvalue weighted by atomic mass is 10.1. The molecular weight excluding hydrogens is 190 g/mol. The highest BCUT2D eigenvalue weighted by Gasteiger charge is 2.05. The molecule has 0 radical (unpaired) electrons. The molecule has 0 N–H and O–H groups in total. The van der Waals surface area contributed by atoms with Gasteiger partial charge in [-0.25, -0.2) is 0 Å². The molecule has 0 amide bonds. The van der Waals surface area contributed by atoms with Crippen molar-refractivity contribution >= 4 is 6.29 Å². The Hall–Kier alpha value is -1.90. The summed E-state index contributed by atoms with van der Waals surface area (Å²) >= 11 is 0. The molecule has 1 aromatic heterocycles. The van der Waals surface area contributed by atoms with Gasteiger partial charge in [0.05, 0.1) is 0 Å². The van der Waals surface area contributed by atoms with Gasteiger partial charge in [-0.15, -0.1) is 0 Å². The number of carbonyl (C=O) groups is 1. The van der Waals surface area contributed by atoms with Crippen LogP contribution in [0.4, 0.5) is 0 Å². The lowest BCUT2D eigenvalue weighted by molar-refractivity contribution is 0.111. The zero-order valence-electron chi connectivity index (χ0n) is 8.43. The van der Waals surface area contributed by atoms with Crippen molar-refractivity contribution in [3.8, 4) is 11.3 Å². The topological polar surface area (TPSA) is 43.1 Å². The number of benzene rings is 1. The molecule has 0 aliphatic carbocycles. The first kappa shape index (κ1) is 9.65. The van der Waals surface area contributed by atoms with E-state index < -0.39 is 0 Å². The highest BCUT2D eigenvalue weighted by Crippen LogP contribution is 2.20. The number of aldehydes is 1. The van der Waals surface area contributed by atoms with Crippen LogP contribution in [0.15, 0.2) is 34.9 Å². The molecule has 0 aliphatic rings. The van der Waals surface area contributed by atoms with E-state index in [0.717, 1.165) is 12.0 Å². The zero-order valence-corrected chi connectivity index (χ0v) is 8.43. The van der Waals surface area contributed by atoms with Crippen LogP contribution >= 0.6 is 0 Å². The minimum absolute atomic E-state index is 0.324. The van der Waals surface area contributed by atoms with Crippen molar-refractivity contribution in [3.05, 3.63) is 41.6 Å². The summed E-state index contributed by atoms with van der Waals surface area (Å²) in [7, 11) is 0. The molecule has 1 heterocycles. The molecule has 15 heavy (non-hydrogen) atoms. The van der Waals surface area contributed by atoms with Crippen molar-refractivity contribution < 1.29 is 9.32 Å². The maximum Gasteiger partial charge on any atom is 0.171 e. The standard InChI is InChI=1S/C12H11NO2/c1-2-9-3-5-10(6-4-9)12-7-11(8-14)13-15-12/h3-8H,2H2,1H3. The predicted molar refractivity (Wildman–Crippen MR) is 56.7 cm³/mol. The van der Waals surface area contributed by atoms with Gasteiger partial charge in [-0.3, -0.25) is 4.79 Å². The van der Waals surface area contributed by atoms with Crippen LogP contribution in [0.1, 0.15) is 23.0 Å². The first-order valence-corrected chi connectivity index (χ1v) is 4.84. The lowest BCUT2D eigenvalue weighted by Crippen LogP contribution is -1.79. The molecule has 0 bridgehead atoms. The van der Waals surface area contributed by atoms with Crippen LogP contribution < -0.4 is 0 Å². The molecule has 2 aromatic rings. The number of aryl methyl sites for hydroxylation is 1. The number of aromatic nitrogens is 1. The van der Waals surface area contributed by atoms with E-state index in [-0.39, 0.29) is 0 Å². The molecule has 0 saturated carbocycles. The molecule has 0 aliphatic heterocycles. The largest absolute Gasteiger partial charge is 0.356 e. The van der Waals surface area contributed by atoms with Crippen molar-refractivity contribution in [2.75, 3.05) is 0 Å². The SMILES string of the molecule is CCc1ccc(-c2cc(C=O)no2)cc1. The fourth-order valence-electron chi connectivity index (χ4n) is 1.39. The summed E-state index contributed by atoms with van der Waals surface area (Å²) in [6, 6.07) is 9.65. The molecule has 76 valence electrons. The van der Waals surface area contributed by atoms with Gasteiger partial charge in [-0.1, -0.05) is 36.3 Å². The summed E-state index contributed by atoms with van der Waals surface area (Å²) in [6.07, 6.45) is 1.68. The van der Waals surface area contributed by atoms with Crippen molar-refractivity contribution in [2.24, 2.45) is 0 Å². The number of hydrogen-bond donors (Lipinski definition) is 0. The third kappa shape index (κ3) is 1.96. The Labute approximate surface area is 87.7 Å². The monoisotopic (exact) mass is 201 g/mol. The van der Waals surface area contributed by atoms with Gasteiger partial charge in [0.25, 0.3) is 0 Å². The van der Waals surface area contributed by atoms with E-state index in [1.807, 2.05) is 24.3 Å². The van der Waals surface area contributed by atoms with Gasteiger partial charge in [0.1, 0.15) is 5.69 Å². The van der Waals surface area contributed by atoms with Crippen LogP contribution in [0.5, 0.6) is 0 Å². The van der Waals surface area contributed by atoms with Gasteiger partial charge >= 0.3 is 0 Å². The Bertz CT molecular complexity index is 457. The van der Waals surface area contributed by atoms with Gasteiger partial charge in [-0.05, 0) is 12.0 Å². The summed E-state index contributed by atoms with van der Waals surface area (Å²) in [4.78, 5) is 10.4. The van der Waals surface area contributed by atoms with Gasteiger partial charge in [0.2, 0.25) is 0 Å². The smallest absolute Gasteiger partial charge is 0.171 e. The number of hydrogen-bond acceptors (Lipinski definition) is 3. The third-order valence-electron chi connectivity index (χ3n) is 2.30. The van der Waals surface area contributed by atoms with Crippen molar-refractivity contribution in [2.45, 2.75) is 13.3 Å². The van der Waals surface area contributed by atoms with Gasteiger partial charge < -0.3 is 4.52 Å². The molecule has 2 rings (SSSR count). The number of rotatable bonds is 3. The molecule has 1 aromatic carbocycles. The Balaban J connectivity index is 2.32. The predicted octanol–water partition coefficient (Wildman–Crippen LogP) is 2.72. The zero-order chi connectivity index (χ0) is 10.7. The average Bonchev–Trinajstić information content (AvgIpc) is 2.78. The van der Waals surface area contributed by atoms with E-state index in [1.54, 1.807) is 6.07 Å². The molecule has 0 saturated heterocycles. The second-order valence-electron chi connectivity index (χ2n) is 3.28. The minimum atomic E-state index is 0.324. The van der Waals surface area contributed by atoms with Gasteiger partial charge in [0.15, 0.2) is 12.0 Å². The van der Waals surface area contributed by atoms with E-state index in [4.69, 9.17) is 4.52 Å². The number of carbonyl (C=O) groups excluding carboxylic acids is 1. The fourth-order valence-corrected chi connectivity index (χ4v) is 1.39. The first-order valence-electron chi connectivity index (χ1n) is 4.84. The highest BCUT2D eigenvalue weighted by atomic mass is 16.5. The van der Waals surface area contributed by atoms with Crippen LogP contribution in [0, 0.1) is 0 Å². The van der Waals surface area contributed by atoms with E-state index in [1.165, 1.54) is 5.56 Å². The van der Waals surface area contributed by atoms with Crippen molar-refractivity contribution in [1.82, 2.24) is 5.16 Å². The molecule has 0 spiro atoms. The van der Waals surface area contributed by atoms with Crippen LogP contribution in [0.25, 0.3) is 11.3 Å². The Morgan fingerprint density at radius 1 is 1.33 bits per heavy atom. The van der Waals surface area contributed by atoms with Crippen molar-refractivity contribution in [1.29, 1.82) is 0 Å². The average molecular weight is 201 g/mol. The van der Waals surface area contributed by atoms with Crippen LogP contribution in [0.2, 0.25) is 0 Å². The Morgan fingerprint density at radius 3 is 2.60 bits per heavy atom. The second kappa shape index (κ2) is 4.09. The van der Waals surface area contributed by atoms with E-state index in [0.29, 0.717) is 17.7 Å². The lowest BCUT2D eigenvalue weighted by Gasteiger charge is -1.97. The summed E-state index contributed by atoms with van der Waals surface area (Å²) in [5, 5.41) is 3.61. The van der Waals surface area contributed by atoms with Crippen LogP contribution in [0.3, 0.4) is 0 Å². The minimum Gasteiger partial charge on any atom is -0.356 e. The van der Waals surface area contributed by atoms with E-state index >= 15 is 0 Å². The maximum atomic E-state index is 10.4. The molecule has 0 atom stereocenters. The summed E-state index contributed by atoms with van der Waals surface area (Å²) in [5.74, 6) is 0.625. The molecular formula is C12H11NO2. The maximum absolute atomic E-state index is 10.4. The van der Waals surface area contributed by atoms with Gasteiger partial charge in [0, 0.05) is 11.6 Å². The van der Waals surface area contributed by atoms with Gasteiger partial charge in [-0.2, -0.15) is 0 Å². The summed E-state index contributed by atoms with van der Waals surface area (Å²) < 4.78 is 5.03. The second-order valence-corrected chi connectivity index (χ2v) is 3.28. The third-order valence-corrected chi connectivity index (χ3v) is 2.30. The molecule has 3 heteroatoms. The Kier molecular flexibility index (Phi) is 2.63. The summed E-state index contributed by atoms with van der Waals surface area (Å²) in [6.45, 7) is 2.11. The quantitative estimate of drug-likeness (QED) is 0.717. The molecule has 3 nitrogen and oxygen atoms in total.